The molecule has 3 atom stereocenters. The molecule has 1 fully saturated rings. The molecule has 10 nitrogen and oxygen atoms in total. The van der Waals surface area contributed by atoms with Crippen molar-refractivity contribution in [3.63, 3.8) is 0 Å². The molecule has 11 heteroatoms. The Hall–Kier alpha value is -3.21. The third-order valence-corrected chi connectivity index (χ3v) is 5.41. The molecule has 3 aromatic heterocycles. The molecule has 172 valence electrons. The summed E-state index contributed by atoms with van der Waals surface area (Å²) in [5.74, 6) is 0.615. The molecule has 3 N–H and O–H groups in total. The number of carbonyl (C=O) groups excluding carboxylic acids is 1. The Kier molecular flexibility index (Phi) is 6.26. The Morgan fingerprint density at radius 2 is 2.22 bits per heavy atom. The average Bonchev–Trinajstić information content (AvgIpc) is 3.44. The van der Waals surface area contributed by atoms with Gasteiger partial charge in [0.15, 0.2) is 5.82 Å². The number of ether oxygens (including phenoxy) is 2. The molecular formula is C21H28FN7O3. The van der Waals surface area contributed by atoms with Gasteiger partial charge < -0.3 is 20.1 Å². The Labute approximate surface area is 184 Å². The van der Waals surface area contributed by atoms with Gasteiger partial charge in [0.05, 0.1) is 12.3 Å². The molecule has 0 radical (unpaired) electrons. The highest BCUT2D eigenvalue weighted by molar-refractivity contribution is 5.67. The van der Waals surface area contributed by atoms with Gasteiger partial charge in [-0.05, 0) is 33.6 Å². The van der Waals surface area contributed by atoms with Crippen molar-refractivity contribution in [2.24, 2.45) is 0 Å². The molecule has 1 aliphatic carbocycles. The first-order valence-electron chi connectivity index (χ1n) is 10.6. The number of nitrogens with one attached hydrogen (secondary N) is 3. The second kappa shape index (κ2) is 9.11. The molecule has 32 heavy (non-hydrogen) atoms. The number of fused-ring (bicyclic) bond motifs is 1. The lowest BCUT2D eigenvalue weighted by molar-refractivity contribution is 0.0555. The number of aromatic amines is 1. The minimum Gasteiger partial charge on any atom is -0.443 e. The number of aryl methyl sites for hydroxylation is 1. The molecule has 0 unspecified atom stereocenters. The van der Waals surface area contributed by atoms with Crippen LogP contribution < -0.4 is 10.6 Å². The van der Waals surface area contributed by atoms with Crippen LogP contribution in [0.1, 0.15) is 49.6 Å². The van der Waals surface area contributed by atoms with Crippen molar-refractivity contribution >= 4 is 23.5 Å². The van der Waals surface area contributed by atoms with Crippen molar-refractivity contribution in [3.8, 4) is 0 Å². The van der Waals surface area contributed by atoms with Gasteiger partial charge >= 0.3 is 6.09 Å². The largest absolute Gasteiger partial charge is 0.443 e. The third kappa shape index (κ3) is 4.52. The number of halogens is 1. The van der Waals surface area contributed by atoms with Gasteiger partial charge in [0.25, 0.3) is 0 Å². The quantitative estimate of drug-likeness (QED) is 0.510. The van der Waals surface area contributed by atoms with Gasteiger partial charge in [0.1, 0.15) is 17.9 Å². The standard InChI is InChI=1S/C21H28FN7O3/c1-11(2)24-21(30)32-16-6-5-14(18(16)22)15-7-17(28-27-15)26-20-23-8-12(3)19-25-13(10-31-4)9-29(19)20/h7-9,11,14,16,18H,5-6,10H2,1-4H3,(H,24,30)(H2,23,26,27,28)/t14-,16-,18+/m0/s1. The molecule has 1 aliphatic rings. The predicted molar refractivity (Wildman–Crippen MR) is 116 cm³/mol. The molecular weight excluding hydrogens is 417 g/mol. The molecule has 0 aromatic carbocycles. The number of carbonyl (C=O) groups is 1. The van der Waals surface area contributed by atoms with Crippen molar-refractivity contribution in [2.75, 3.05) is 12.4 Å². The van der Waals surface area contributed by atoms with Crippen molar-refractivity contribution in [1.82, 2.24) is 29.9 Å². The SMILES string of the molecule is COCc1cn2c(Nc3cc([C@@H]4CC[C@H](OC(=O)NC(C)C)[C@@H]4F)[nH]n3)ncc(C)c2n1. The first-order chi connectivity index (χ1) is 15.4. The zero-order valence-electron chi connectivity index (χ0n) is 18.6. The number of hydrogen-bond donors (Lipinski definition) is 3. The van der Waals surface area contributed by atoms with E-state index in [9.17, 15) is 9.18 Å². The molecule has 0 saturated heterocycles. The van der Waals surface area contributed by atoms with E-state index < -0.39 is 24.3 Å². The van der Waals surface area contributed by atoms with Crippen LogP contribution in [0.3, 0.4) is 0 Å². The predicted octanol–water partition coefficient (Wildman–Crippen LogP) is 3.37. The lowest BCUT2D eigenvalue weighted by Crippen LogP contribution is -2.36. The summed E-state index contributed by atoms with van der Waals surface area (Å²) in [5, 5.41) is 13.0. The number of alkyl halides is 1. The van der Waals surface area contributed by atoms with Crippen molar-refractivity contribution in [3.05, 3.63) is 35.4 Å². The first kappa shape index (κ1) is 22.0. The molecule has 1 saturated carbocycles. The van der Waals surface area contributed by atoms with Crippen LogP contribution in [0.5, 0.6) is 0 Å². The van der Waals surface area contributed by atoms with Gasteiger partial charge in [-0.1, -0.05) is 0 Å². The Morgan fingerprint density at radius 3 is 2.97 bits per heavy atom. The van der Waals surface area contributed by atoms with Gasteiger partial charge in [0, 0.05) is 48.8 Å². The Bertz CT molecular complexity index is 1100. The molecule has 0 spiro atoms. The topological polar surface area (TPSA) is 118 Å². The zero-order valence-corrected chi connectivity index (χ0v) is 18.6. The van der Waals surface area contributed by atoms with Crippen LogP contribution in [0.4, 0.5) is 21.0 Å². The van der Waals surface area contributed by atoms with Crippen LogP contribution in [0, 0.1) is 6.92 Å². The van der Waals surface area contributed by atoms with E-state index in [1.807, 2.05) is 31.4 Å². The summed E-state index contributed by atoms with van der Waals surface area (Å²) in [4.78, 5) is 20.8. The molecule has 0 bridgehead atoms. The lowest BCUT2D eigenvalue weighted by Gasteiger charge is -2.18. The second-order valence-corrected chi connectivity index (χ2v) is 8.33. The minimum atomic E-state index is -1.31. The summed E-state index contributed by atoms with van der Waals surface area (Å²) in [6.45, 7) is 5.97. The summed E-state index contributed by atoms with van der Waals surface area (Å²) in [6, 6.07) is 1.69. The third-order valence-electron chi connectivity index (χ3n) is 5.41. The molecule has 3 heterocycles. The number of amides is 1. The average molecular weight is 445 g/mol. The van der Waals surface area contributed by atoms with Crippen LogP contribution >= 0.6 is 0 Å². The van der Waals surface area contributed by atoms with Gasteiger partial charge in [-0.25, -0.2) is 19.2 Å². The van der Waals surface area contributed by atoms with Crippen LogP contribution in [-0.4, -0.2) is 56.1 Å². The molecule has 0 aliphatic heterocycles. The minimum absolute atomic E-state index is 0.0677. The normalized spacial score (nSPS) is 20.8. The van der Waals surface area contributed by atoms with E-state index in [1.54, 1.807) is 19.4 Å². The first-order valence-corrected chi connectivity index (χ1v) is 10.6. The van der Waals surface area contributed by atoms with E-state index in [0.29, 0.717) is 36.9 Å². The maximum Gasteiger partial charge on any atom is 0.407 e. The van der Waals surface area contributed by atoms with E-state index in [2.05, 4.69) is 30.8 Å². The van der Waals surface area contributed by atoms with Gasteiger partial charge in [-0.15, -0.1) is 0 Å². The maximum absolute atomic E-state index is 15.0. The summed E-state index contributed by atoms with van der Waals surface area (Å²) in [6.07, 6.45) is 1.91. The number of alkyl carbamates (subject to hydrolysis) is 1. The van der Waals surface area contributed by atoms with E-state index in [1.165, 1.54) is 0 Å². The number of aromatic nitrogens is 5. The zero-order chi connectivity index (χ0) is 22.8. The summed E-state index contributed by atoms with van der Waals surface area (Å²) >= 11 is 0. The fourth-order valence-corrected chi connectivity index (χ4v) is 3.94. The highest BCUT2D eigenvalue weighted by Gasteiger charge is 2.40. The number of hydrogen-bond acceptors (Lipinski definition) is 7. The number of H-pyrrole nitrogens is 1. The second-order valence-electron chi connectivity index (χ2n) is 8.33. The Balaban J connectivity index is 1.47. The van der Waals surface area contributed by atoms with Gasteiger partial charge in [-0.3, -0.25) is 9.50 Å². The monoisotopic (exact) mass is 445 g/mol. The lowest BCUT2D eigenvalue weighted by atomic mass is 10.0. The van der Waals surface area contributed by atoms with Crippen molar-refractivity contribution in [2.45, 2.75) is 64.5 Å². The Morgan fingerprint density at radius 1 is 1.41 bits per heavy atom. The fourth-order valence-electron chi connectivity index (χ4n) is 3.94. The van der Waals surface area contributed by atoms with Crippen molar-refractivity contribution in [1.29, 1.82) is 0 Å². The number of methoxy groups -OCH3 is 1. The summed E-state index contributed by atoms with van der Waals surface area (Å²) in [5.41, 5.74) is 3.13. The van der Waals surface area contributed by atoms with E-state index in [0.717, 1.165) is 16.9 Å². The highest BCUT2D eigenvalue weighted by Crippen LogP contribution is 2.38. The number of anilines is 2. The van der Waals surface area contributed by atoms with Gasteiger partial charge in [0.2, 0.25) is 5.95 Å². The van der Waals surface area contributed by atoms with Crippen molar-refractivity contribution < 1.29 is 18.7 Å². The van der Waals surface area contributed by atoms with Crippen LogP contribution in [0.2, 0.25) is 0 Å². The molecule has 3 aromatic rings. The van der Waals surface area contributed by atoms with Crippen LogP contribution in [-0.2, 0) is 16.1 Å². The number of rotatable bonds is 7. The number of imidazole rings is 1. The maximum atomic E-state index is 15.0. The van der Waals surface area contributed by atoms with Crippen LogP contribution in [0.25, 0.3) is 5.65 Å². The van der Waals surface area contributed by atoms with Gasteiger partial charge in [-0.2, -0.15) is 5.10 Å². The summed E-state index contributed by atoms with van der Waals surface area (Å²) in [7, 11) is 1.62. The fraction of sp³-hybridized carbons (Fsp3) is 0.524. The molecule has 4 rings (SSSR count). The smallest absolute Gasteiger partial charge is 0.407 e. The summed E-state index contributed by atoms with van der Waals surface area (Å²) < 4.78 is 27.3. The van der Waals surface area contributed by atoms with E-state index >= 15 is 0 Å². The van der Waals surface area contributed by atoms with E-state index in [-0.39, 0.29) is 6.04 Å². The van der Waals surface area contributed by atoms with Crippen LogP contribution in [0.15, 0.2) is 18.5 Å². The highest BCUT2D eigenvalue weighted by atomic mass is 19.1. The van der Waals surface area contributed by atoms with E-state index in [4.69, 9.17) is 9.47 Å². The number of nitrogens with zero attached hydrogens (tertiary/aromatic N) is 4. The molecule has 1 amide bonds.